The Hall–Kier alpha value is -8.40. The number of benzene rings is 2. The summed E-state index contributed by atoms with van der Waals surface area (Å²) in [5, 5.41) is 63.7. The zero-order valence-electron chi connectivity index (χ0n) is 40.9. The number of aliphatic hydroxyl groups is 4. The van der Waals surface area contributed by atoms with Crippen LogP contribution in [-0.4, -0.2) is 81.2 Å². The van der Waals surface area contributed by atoms with E-state index in [-0.39, 0.29) is 58.8 Å². The topological polar surface area (TPSA) is 290 Å². The average Bonchev–Trinajstić information content (AvgIpc) is 4.21. The first-order valence-electron chi connectivity index (χ1n) is 24.2. The van der Waals surface area contributed by atoms with Gasteiger partial charge in [0, 0.05) is 79.4 Å². The second kappa shape index (κ2) is 16.8. The first-order chi connectivity index (χ1) is 35.3. The number of aryl methyl sites for hydroxylation is 3. The molecular formula is C54H50N12O8. The van der Waals surface area contributed by atoms with Gasteiger partial charge in [-0.25, -0.2) is 9.97 Å². The molecule has 0 spiro atoms. The summed E-state index contributed by atoms with van der Waals surface area (Å²) in [4.78, 5) is 35.7. The molecule has 6 aliphatic rings. The number of hydrogen-bond donors (Lipinski definition) is 6. The number of aliphatic hydroxyl groups excluding tert-OH is 2. The summed E-state index contributed by atoms with van der Waals surface area (Å²) in [5.41, 5.74) is 15.6. The van der Waals surface area contributed by atoms with Crippen molar-refractivity contribution in [1.29, 1.82) is 0 Å². The molecule has 4 atom stereocenters. The summed E-state index contributed by atoms with van der Waals surface area (Å²) in [6.45, 7) is 4.78. The molecule has 2 saturated carbocycles. The van der Waals surface area contributed by atoms with E-state index in [1.165, 1.54) is 18.5 Å². The molecule has 2 aliphatic carbocycles. The van der Waals surface area contributed by atoms with E-state index in [0.29, 0.717) is 69.8 Å². The van der Waals surface area contributed by atoms with Crippen LogP contribution in [0, 0.1) is 30.6 Å². The fraction of sp³-hybridized carbons (Fsp3) is 0.333. The lowest BCUT2D eigenvalue weighted by molar-refractivity contribution is 0.0980. The van der Waals surface area contributed by atoms with E-state index in [9.17, 15) is 30.0 Å². The number of nitrogens with zero attached hydrogens (tertiary/aromatic N) is 10. The van der Waals surface area contributed by atoms with Gasteiger partial charge < -0.3 is 50.1 Å². The van der Waals surface area contributed by atoms with Crippen molar-refractivity contribution in [3.63, 3.8) is 0 Å². The first-order valence-corrected chi connectivity index (χ1v) is 24.2. The highest BCUT2D eigenvalue weighted by molar-refractivity contribution is 5.94. The van der Waals surface area contributed by atoms with Crippen molar-refractivity contribution in [2.45, 2.75) is 100 Å². The zero-order valence-corrected chi connectivity index (χ0v) is 40.9. The summed E-state index contributed by atoms with van der Waals surface area (Å²) in [5.74, 6) is 12.8. The van der Waals surface area contributed by atoms with Crippen LogP contribution in [0.4, 0.5) is 0 Å². The molecule has 8 N–H and O–H groups in total. The second-order valence-corrected chi connectivity index (χ2v) is 20.2. The third-order valence-electron chi connectivity index (χ3n) is 15.2. The summed E-state index contributed by atoms with van der Waals surface area (Å²) in [7, 11) is 3.42. The largest absolute Gasteiger partial charge is 0.380 e. The van der Waals surface area contributed by atoms with Crippen molar-refractivity contribution in [2.24, 2.45) is 25.6 Å². The molecule has 8 aromatic rings. The van der Waals surface area contributed by atoms with Crippen molar-refractivity contribution >= 4 is 11.8 Å². The van der Waals surface area contributed by atoms with Gasteiger partial charge in [0.15, 0.2) is 22.6 Å². The highest BCUT2D eigenvalue weighted by Crippen LogP contribution is 2.56. The number of hydrogen-bond acceptors (Lipinski definition) is 14. The van der Waals surface area contributed by atoms with Crippen molar-refractivity contribution < 1.29 is 39.1 Å². The van der Waals surface area contributed by atoms with Crippen LogP contribution in [0.25, 0.3) is 22.8 Å². The van der Waals surface area contributed by atoms with Crippen LogP contribution < -0.4 is 11.5 Å². The molecule has 374 valence electrons. The van der Waals surface area contributed by atoms with E-state index in [0.717, 1.165) is 35.1 Å². The summed E-state index contributed by atoms with van der Waals surface area (Å²) in [6.07, 6.45) is 3.80. The first kappa shape index (κ1) is 46.7. The molecule has 2 amide bonds. The molecule has 4 aliphatic heterocycles. The van der Waals surface area contributed by atoms with Crippen LogP contribution in [0.5, 0.6) is 0 Å². The maximum absolute atomic E-state index is 13.1. The predicted octanol–water partition coefficient (Wildman–Crippen LogP) is 4.50. The highest BCUT2D eigenvalue weighted by Gasteiger charge is 2.45. The van der Waals surface area contributed by atoms with E-state index in [1.54, 1.807) is 62.4 Å². The fourth-order valence-electron chi connectivity index (χ4n) is 11.3. The molecule has 20 nitrogen and oxygen atoms in total. The van der Waals surface area contributed by atoms with Gasteiger partial charge in [-0.1, -0.05) is 40.1 Å². The Kier molecular flexibility index (Phi) is 10.6. The van der Waals surface area contributed by atoms with E-state index in [2.05, 4.69) is 44.2 Å². The Morgan fingerprint density at radius 3 is 1.78 bits per heavy atom. The summed E-state index contributed by atoms with van der Waals surface area (Å²) >= 11 is 0. The van der Waals surface area contributed by atoms with Crippen LogP contribution >= 0.6 is 0 Å². The summed E-state index contributed by atoms with van der Waals surface area (Å²) in [6, 6.07) is 16.1. The van der Waals surface area contributed by atoms with Crippen LogP contribution in [0.15, 0.2) is 76.0 Å². The van der Waals surface area contributed by atoms with Gasteiger partial charge in [-0.3, -0.25) is 19.0 Å². The Bertz CT molecular complexity index is 3770. The average molecular weight is 995 g/mol. The third kappa shape index (κ3) is 7.47. The molecule has 2 aromatic carbocycles. The maximum Gasteiger partial charge on any atom is 0.269 e. The quantitative estimate of drug-likeness (QED) is 0.103. The van der Waals surface area contributed by atoms with Crippen molar-refractivity contribution in [3.8, 4) is 46.5 Å². The third-order valence-corrected chi connectivity index (χ3v) is 15.2. The zero-order chi connectivity index (χ0) is 51.7. The van der Waals surface area contributed by atoms with E-state index in [1.807, 2.05) is 39.5 Å². The number of imidazole rings is 2. The predicted molar refractivity (Wildman–Crippen MR) is 262 cm³/mol. The van der Waals surface area contributed by atoms with Gasteiger partial charge in [0.25, 0.3) is 11.8 Å². The molecule has 10 heterocycles. The number of carbonyl (C=O) groups is 2. The van der Waals surface area contributed by atoms with Crippen LogP contribution in [0.2, 0.25) is 0 Å². The van der Waals surface area contributed by atoms with Crippen LogP contribution in [0.1, 0.15) is 170 Å². The molecule has 74 heavy (non-hydrogen) atoms. The number of aromatic nitrogens is 10. The number of carbonyl (C=O) groups excluding carboxylic acids is 2. The van der Waals surface area contributed by atoms with Gasteiger partial charge in [0.05, 0.1) is 22.8 Å². The summed E-state index contributed by atoms with van der Waals surface area (Å²) < 4.78 is 18.1. The Balaban J connectivity index is 0.902. The van der Waals surface area contributed by atoms with Crippen LogP contribution in [0.3, 0.4) is 0 Å². The van der Waals surface area contributed by atoms with Crippen molar-refractivity contribution in [2.75, 3.05) is 0 Å². The molecular weight excluding hydrogens is 945 g/mol. The highest BCUT2D eigenvalue weighted by atomic mass is 16.5. The Labute approximate surface area is 422 Å². The monoisotopic (exact) mass is 994 g/mol. The number of amides is 2. The van der Waals surface area contributed by atoms with Crippen molar-refractivity contribution in [3.05, 3.63) is 152 Å². The van der Waals surface area contributed by atoms with Crippen molar-refractivity contribution in [1.82, 2.24) is 49.0 Å². The van der Waals surface area contributed by atoms with E-state index >= 15 is 0 Å². The smallest absolute Gasteiger partial charge is 0.269 e. The minimum absolute atomic E-state index is 0.0121. The molecule has 14 rings (SSSR count). The van der Waals surface area contributed by atoms with Gasteiger partial charge in [0.2, 0.25) is 0 Å². The standard InChI is InChI=1S/C54H50N12O8/c1-26-16-40(61-73-26)53(2,71)13-9-28-17-30(42-31-22-33(23-31)66-46(48(68)39-11-15-58-64(39)5)44(50(56)70)60-52(66)37(42)19-28)24-34-25-41(62-74-34)54(3,72)12-8-27-6-7-35-29-20-32(21-29)65-45(47(67)38-10-14-57-63(38)4)43(49(55)69)59-51(65)36(35)18-27/h6-7,10-11,14-19,25,29,31-33,47-48,67-68,71-72H,20-24H2,1-5H3,(H2,55,69)(H2,56,70). The Morgan fingerprint density at radius 2 is 1.24 bits per heavy atom. The SMILES string of the molecule is Cc1cc(C(C)(O)C#Cc2cc(Cc3cc(C(C)(O)C#Cc4ccc5c(c4)-c4nc(C(N)=O)c(C(O)c6ccnn6C)n4C4CC5C4)no3)c3c(c2)-c2nc(C(N)=O)c(C(O)c4ccnn4C)n2C2CC3C2)no1. The molecule has 20 heteroatoms. The molecule has 0 radical (unpaired) electrons. The minimum atomic E-state index is -1.79. The number of primary amides is 2. The molecule has 0 saturated heterocycles. The lowest BCUT2D eigenvalue weighted by atomic mass is 9.73. The number of rotatable bonds is 10. The lowest BCUT2D eigenvalue weighted by Crippen LogP contribution is -2.27. The minimum Gasteiger partial charge on any atom is -0.380 e. The molecule has 2 fully saturated rings. The van der Waals surface area contributed by atoms with E-state index < -0.39 is 35.2 Å². The van der Waals surface area contributed by atoms with Gasteiger partial charge >= 0.3 is 0 Å². The van der Waals surface area contributed by atoms with Crippen LogP contribution in [-0.2, 0) is 31.7 Å². The lowest BCUT2D eigenvalue weighted by Gasteiger charge is -2.36. The number of nitrogens with two attached hydrogens (primary N) is 2. The second-order valence-electron chi connectivity index (χ2n) is 20.2. The van der Waals surface area contributed by atoms with E-state index in [4.69, 9.17) is 30.5 Å². The molecule has 4 unspecified atom stereocenters. The Morgan fingerprint density at radius 1 is 0.716 bits per heavy atom. The molecule has 4 bridgehead atoms. The van der Waals surface area contributed by atoms with Gasteiger partial charge in [0.1, 0.15) is 46.8 Å². The fourth-order valence-corrected chi connectivity index (χ4v) is 11.3. The maximum atomic E-state index is 13.1. The van der Waals surface area contributed by atoms with Gasteiger partial charge in [-0.2, -0.15) is 10.2 Å². The molecule has 6 aromatic heterocycles. The van der Waals surface area contributed by atoms with Gasteiger partial charge in [-0.05, 0) is 111 Å². The normalized spacial score (nSPS) is 20.2. The van der Waals surface area contributed by atoms with Gasteiger partial charge in [-0.15, -0.1) is 0 Å².